The molecule has 3 rings (SSSR count). The minimum absolute atomic E-state index is 0.0942. The zero-order valence-corrected chi connectivity index (χ0v) is 13.5. The van der Waals surface area contributed by atoms with Gasteiger partial charge in [0.1, 0.15) is 6.54 Å². The van der Waals surface area contributed by atoms with Gasteiger partial charge in [0, 0.05) is 18.1 Å². The number of hydrogen-bond acceptors (Lipinski definition) is 5. The number of carbonyl (C=O) groups is 1. The fourth-order valence-electron chi connectivity index (χ4n) is 2.41. The molecule has 1 amide bonds. The van der Waals surface area contributed by atoms with Gasteiger partial charge in [0.05, 0.1) is 23.4 Å². The number of amides is 1. The highest BCUT2D eigenvalue weighted by molar-refractivity contribution is 5.90. The summed E-state index contributed by atoms with van der Waals surface area (Å²) in [7, 11) is 0. The van der Waals surface area contributed by atoms with Gasteiger partial charge >= 0.3 is 5.82 Å². The molecule has 0 radical (unpaired) electrons. The van der Waals surface area contributed by atoms with E-state index in [9.17, 15) is 14.9 Å². The van der Waals surface area contributed by atoms with Crippen molar-refractivity contribution in [3.05, 3.63) is 70.2 Å². The maximum absolute atomic E-state index is 12.2. The molecule has 0 bridgehead atoms. The summed E-state index contributed by atoms with van der Waals surface area (Å²) >= 11 is 0. The molecule has 0 aliphatic heterocycles. The molecule has 0 saturated carbocycles. The fourth-order valence-corrected chi connectivity index (χ4v) is 2.41. The Balaban J connectivity index is 1.66. The predicted molar refractivity (Wildman–Crippen MR) is 90.0 cm³/mol. The lowest BCUT2D eigenvalue weighted by Gasteiger charge is -2.07. The quantitative estimate of drug-likeness (QED) is 0.545. The zero-order chi connectivity index (χ0) is 17.8. The van der Waals surface area contributed by atoms with Gasteiger partial charge < -0.3 is 15.4 Å². The monoisotopic (exact) mass is 340 g/mol. The Kier molecular flexibility index (Phi) is 4.55. The highest BCUT2D eigenvalue weighted by Gasteiger charge is 2.17. The van der Waals surface area contributed by atoms with Gasteiger partial charge in [-0.25, -0.2) is 0 Å². The molecular weight excluding hydrogens is 324 g/mol. The third-order valence-electron chi connectivity index (χ3n) is 3.56. The van der Waals surface area contributed by atoms with E-state index in [4.69, 9.17) is 0 Å². The smallest absolute Gasteiger partial charge is 0.358 e. The third-order valence-corrected chi connectivity index (χ3v) is 3.56. The van der Waals surface area contributed by atoms with Crippen LogP contribution in [0.2, 0.25) is 0 Å². The predicted octanol–water partition coefficient (Wildman–Crippen LogP) is 1.98. The molecule has 0 atom stereocenters. The molecule has 0 fully saturated rings. The van der Waals surface area contributed by atoms with Crippen molar-refractivity contribution in [3.63, 3.8) is 0 Å². The van der Waals surface area contributed by atoms with E-state index in [1.807, 2.05) is 30.5 Å². The minimum Gasteiger partial charge on any atom is -0.358 e. The maximum Gasteiger partial charge on any atom is 0.390 e. The lowest BCUT2D eigenvalue weighted by atomic mass is 10.2. The first-order valence-corrected chi connectivity index (χ1v) is 7.56. The van der Waals surface area contributed by atoms with E-state index in [-0.39, 0.29) is 18.3 Å². The first-order chi connectivity index (χ1) is 12.0. The average molecular weight is 340 g/mol. The molecule has 2 heterocycles. The van der Waals surface area contributed by atoms with Crippen molar-refractivity contribution in [1.29, 1.82) is 0 Å². The van der Waals surface area contributed by atoms with Crippen LogP contribution in [-0.4, -0.2) is 30.4 Å². The number of aryl methyl sites for hydroxylation is 1. The van der Waals surface area contributed by atoms with Crippen molar-refractivity contribution in [3.8, 4) is 0 Å². The summed E-state index contributed by atoms with van der Waals surface area (Å²) in [6.07, 6.45) is 3.57. The maximum atomic E-state index is 12.2. The highest BCUT2D eigenvalue weighted by atomic mass is 16.6. The van der Waals surface area contributed by atoms with Crippen molar-refractivity contribution in [2.24, 2.45) is 0 Å². The van der Waals surface area contributed by atoms with Crippen LogP contribution in [0.25, 0.3) is 0 Å². The molecule has 0 unspecified atom stereocenters. The molecule has 1 aromatic carbocycles. The summed E-state index contributed by atoms with van der Waals surface area (Å²) in [5.41, 5.74) is 2.19. The number of nitrogens with one attached hydrogen (secondary N) is 1. The Labute approximate surface area is 143 Å². The molecule has 1 N–H and O–H groups in total. The second-order valence-corrected chi connectivity index (χ2v) is 5.51. The van der Waals surface area contributed by atoms with Crippen LogP contribution < -0.4 is 5.32 Å². The lowest BCUT2D eigenvalue weighted by molar-refractivity contribution is -0.389. The van der Waals surface area contributed by atoms with Crippen LogP contribution in [-0.2, 0) is 17.9 Å². The van der Waals surface area contributed by atoms with Crippen molar-refractivity contribution >= 4 is 17.4 Å². The van der Waals surface area contributed by atoms with Crippen LogP contribution in [0.15, 0.2) is 48.8 Å². The van der Waals surface area contributed by atoms with E-state index in [0.717, 1.165) is 5.56 Å². The molecule has 25 heavy (non-hydrogen) atoms. The van der Waals surface area contributed by atoms with E-state index >= 15 is 0 Å². The van der Waals surface area contributed by atoms with E-state index in [1.165, 1.54) is 10.7 Å². The van der Waals surface area contributed by atoms with Crippen molar-refractivity contribution < 1.29 is 9.72 Å². The van der Waals surface area contributed by atoms with Gasteiger partial charge in [0.25, 0.3) is 0 Å². The van der Waals surface area contributed by atoms with E-state index < -0.39 is 4.92 Å². The zero-order valence-electron chi connectivity index (χ0n) is 13.5. The van der Waals surface area contributed by atoms with Crippen LogP contribution in [0.3, 0.4) is 0 Å². The van der Waals surface area contributed by atoms with Gasteiger partial charge in [-0.3, -0.25) is 9.48 Å². The number of rotatable bonds is 6. The largest absolute Gasteiger partial charge is 0.390 e. The summed E-state index contributed by atoms with van der Waals surface area (Å²) in [4.78, 5) is 22.3. The molecule has 0 saturated heterocycles. The van der Waals surface area contributed by atoms with Crippen molar-refractivity contribution in [2.45, 2.75) is 20.0 Å². The highest BCUT2D eigenvalue weighted by Crippen LogP contribution is 2.13. The molecule has 9 heteroatoms. The number of nitro groups is 1. The van der Waals surface area contributed by atoms with Crippen LogP contribution in [0.1, 0.15) is 11.3 Å². The number of aromatic nitrogens is 4. The fraction of sp³-hybridized carbons (Fsp3) is 0.188. The number of hydrogen-bond donors (Lipinski definition) is 1. The van der Waals surface area contributed by atoms with Crippen LogP contribution >= 0.6 is 0 Å². The number of nitrogens with zero attached hydrogens (tertiary/aromatic N) is 5. The van der Waals surface area contributed by atoms with Gasteiger partial charge in [-0.2, -0.15) is 9.78 Å². The molecule has 0 aliphatic rings. The Bertz CT molecular complexity index is 900. The number of carbonyl (C=O) groups excluding carboxylic acids is 1. The lowest BCUT2D eigenvalue weighted by Crippen LogP contribution is -2.20. The summed E-state index contributed by atoms with van der Waals surface area (Å²) in [6, 6.07) is 10.6. The second-order valence-electron chi connectivity index (χ2n) is 5.51. The Hall–Kier alpha value is -3.49. The van der Waals surface area contributed by atoms with E-state index in [2.05, 4.69) is 15.5 Å². The number of benzene rings is 1. The van der Waals surface area contributed by atoms with Gasteiger partial charge in [-0.15, -0.1) is 0 Å². The Morgan fingerprint density at radius 2 is 2.16 bits per heavy atom. The van der Waals surface area contributed by atoms with Crippen molar-refractivity contribution in [2.75, 3.05) is 5.32 Å². The summed E-state index contributed by atoms with van der Waals surface area (Å²) in [5.74, 6) is -0.580. The first-order valence-electron chi connectivity index (χ1n) is 7.56. The summed E-state index contributed by atoms with van der Waals surface area (Å²) in [6.45, 7) is 2.17. The van der Waals surface area contributed by atoms with Gasteiger partial charge in [0.15, 0.2) is 0 Å². The van der Waals surface area contributed by atoms with Gasteiger partial charge in [0.2, 0.25) is 5.91 Å². The topological polar surface area (TPSA) is 108 Å². The molecule has 128 valence electrons. The molecule has 9 nitrogen and oxygen atoms in total. The van der Waals surface area contributed by atoms with Gasteiger partial charge in [-0.1, -0.05) is 12.1 Å². The van der Waals surface area contributed by atoms with Gasteiger partial charge in [-0.05, 0) is 35.6 Å². The van der Waals surface area contributed by atoms with Crippen LogP contribution in [0, 0.1) is 17.0 Å². The average Bonchev–Trinajstić information content (AvgIpc) is 3.18. The van der Waals surface area contributed by atoms with Crippen LogP contribution in [0.5, 0.6) is 0 Å². The summed E-state index contributed by atoms with van der Waals surface area (Å²) < 4.78 is 3.09. The molecule has 2 aromatic heterocycles. The third kappa shape index (κ3) is 4.08. The molecule has 3 aromatic rings. The standard InChI is InChI=1S/C16H16N6O3/c1-12-8-15(22(24)25)19-21(12)11-16(23)18-14-5-2-4-13(9-14)10-20-7-3-6-17-20/h2-9H,10-11H2,1H3,(H,18,23). The Morgan fingerprint density at radius 3 is 2.84 bits per heavy atom. The Morgan fingerprint density at radius 1 is 1.32 bits per heavy atom. The number of anilines is 1. The minimum atomic E-state index is -0.583. The molecular formula is C16H16N6O3. The summed E-state index contributed by atoms with van der Waals surface area (Å²) in [5, 5.41) is 21.5. The van der Waals surface area contributed by atoms with Crippen molar-refractivity contribution in [1.82, 2.24) is 19.6 Å². The first kappa shape index (κ1) is 16.4. The van der Waals surface area contributed by atoms with E-state index in [0.29, 0.717) is 17.9 Å². The SMILES string of the molecule is Cc1cc([N+](=O)[O-])nn1CC(=O)Nc1cccc(Cn2cccn2)c1. The molecule has 0 aliphatic carbocycles. The molecule has 0 spiro atoms. The normalized spacial score (nSPS) is 10.6. The van der Waals surface area contributed by atoms with E-state index in [1.54, 1.807) is 23.9 Å². The second kappa shape index (κ2) is 6.95. The van der Waals surface area contributed by atoms with Crippen LogP contribution in [0.4, 0.5) is 11.5 Å².